The van der Waals surface area contributed by atoms with Gasteiger partial charge in [-0.1, -0.05) is 0 Å². The second-order valence-electron chi connectivity index (χ2n) is 3.71. The lowest BCUT2D eigenvalue weighted by atomic mass is 10.2. The van der Waals surface area contributed by atoms with Crippen molar-refractivity contribution >= 4 is 23.7 Å². The molecule has 0 fully saturated rings. The van der Waals surface area contributed by atoms with Gasteiger partial charge in [0.2, 0.25) is 0 Å². The number of benzene rings is 1. The summed E-state index contributed by atoms with van der Waals surface area (Å²) in [6.07, 6.45) is 0. The molecule has 20 heavy (non-hydrogen) atoms. The van der Waals surface area contributed by atoms with Gasteiger partial charge in [-0.05, 0) is 12.1 Å². The third-order valence-corrected chi connectivity index (χ3v) is 2.20. The number of aromatic carboxylic acids is 1. The van der Waals surface area contributed by atoms with Crippen molar-refractivity contribution in [3.63, 3.8) is 0 Å². The highest BCUT2D eigenvalue weighted by Crippen LogP contribution is 2.21. The number of aromatic hydroxyl groups is 1. The van der Waals surface area contributed by atoms with E-state index in [2.05, 4.69) is 16.0 Å². The van der Waals surface area contributed by atoms with Crippen molar-refractivity contribution in [2.45, 2.75) is 0 Å². The van der Waals surface area contributed by atoms with Crippen LogP contribution in [-0.4, -0.2) is 41.3 Å². The van der Waals surface area contributed by atoms with Crippen LogP contribution in [0.15, 0.2) is 18.2 Å². The van der Waals surface area contributed by atoms with Crippen molar-refractivity contribution in [2.75, 3.05) is 18.4 Å². The molecular formula is C11H14N4O5. The average molecular weight is 282 g/mol. The monoisotopic (exact) mass is 282 g/mol. The number of carbonyl (C=O) groups is 3. The van der Waals surface area contributed by atoms with Crippen molar-refractivity contribution in [2.24, 2.45) is 5.73 Å². The van der Waals surface area contributed by atoms with E-state index < -0.39 is 23.8 Å². The predicted octanol–water partition coefficient (Wildman–Crippen LogP) is -0.120. The van der Waals surface area contributed by atoms with Crippen molar-refractivity contribution < 1.29 is 24.6 Å². The molecule has 0 bridgehead atoms. The Labute approximate surface area is 113 Å². The fraction of sp³-hybridized carbons (Fsp3) is 0.182. The third-order valence-electron chi connectivity index (χ3n) is 2.20. The number of nitrogens with two attached hydrogens (primary N) is 1. The summed E-state index contributed by atoms with van der Waals surface area (Å²) < 4.78 is 0. The summed E-state index contributed by atoms with van der Waals surface area (Å²) in [4.78, 5) is 32.5. The number of anilines is 1. The highest BCUT2D eigenvalue weighted by molar-refractivity contribution is 5.93. The first-order chi connectivity index (χ1) is 9.40. The number of rotatable bonds is 5. The molecule has 0 aromatic heterocycles. The summed E-state index contributed by atoms with van der Waals surface area (Å²) in [5, 5.41) is 25.3. The predicted molar refractivity (Wildman–Crippen MR) is 69.7 cm³/mol. The fourth-order valence-corrected chi connectivity index (χ4v) is 1.33. The Hall–Kier alpha value is -2.97. The van der Waals surface area contributed by atoms with Gasteiger partial charge < -0.3 is 31.9 Å². The number of carboxylic acid groups (broad SMARTS) is 1. The van der Waals surface area contributed by atoms with Crippen molar-refractivity contribution in [3.8, 4) is 5.75 Å². The van der Waals surface area contributed by atoms with Gasteiger partial charge in [-0.3, -0.25) is 0 Å². The van der Waals surface area contributed by atoms with Gasteiger partial charge in [0.1, 0.15) is 11.3 Å². The van der Waals surface area contributed by atoms with E-state index in [1.807, 2.05) is 0 Å². The highest BCUT2D eigenvalue weighted by Gasteiger charge is 2.10. The number of carbonyl (C=O) groups excluding carboxylic acids is 2. The van der Waals surface area contributed by atoms with Crippen LogP contribution in [0, 0.1) is 0 Å². The number of urea groups is 2. The molecule has 4 amide bonds. The summed E-state index contributed by atoms with van der Waals surface area (Å²) in [6, 6.07) is 2.36. The zero-order valence-electron chi connectivity index (χ0n) is 10.3. The minimum atomic E-state index is -1.27. The van der Waals surface area contributed by atoms with Crippen LogP contribution in [0.2, 0.25) is 0 Å². The number of nitrogens with one attached hydrogen (secondary N) is 3. The van der Waals surface area contributed by atoms with Gasteiger partial charge in [-0.2, -0.15) is 0 Å². The average Bonchev–Trinajstić information content (AvgIpc) is 2.34. The second kappa shape index (κ2) is 6.83. The zero-order chi connectivity index (χ0) is 15.1. The molecule has 1 rings (SSSR count). The van der Waals surface area contributed by atoms with Crippen LogP contribution in [0.4, 0.5) is 15.3 Å². The molecule has 9 nitrogen and oxygen atoms in total. The molecule has 108 valence electrons. The summed E-state index contributed by atoms with van der Waals surface area (Å²) in [6.45, 7) is 0.333. The van der Waals surface area contributed by atoms with Crippen LogP contribution in [0.3, 0.4) is 0 Å². The van der Waals surface area contributed by atoms with Crippen LogP contribution >= 0.6 is 0 Å². The molecule has 0 aliphatic heterocycles. The largest absolute Gasteiger partial charge is 0.507 e. The van der Waals surface area contributed by atoms with Crippen molar-refractivity contribution in [1.82, 2.24) is 10.6 Å². The Bertz CT molecular complexity index is 532. The molecule has 0 saturated heterocycles. The van der Waals surface area contributed by atoms with E-state index in [9.17, 15) is 19.5 Å². The molecule has 9 heteroatoms. The first kappa shape index (κ1) is 15.1. The topological polar surface area (TPSA) is 154 Å². The maximum Gasteiger partial charge on any atom is 0.339 e. The van der Waals surface area contributed by atoms with Gasteiger partial charge in [-0.15, -0.1) is 0 Å². The van der Waals surface area contributed by atoms with Gasteiger partial charge in [0.25, 0.3) is 0 Å². The fourth-order valence-electron chi connectivity index (χ4n) is 1.33. The molecule has 0 heterocycles. The molecule has 0 radical (unpaired) electrons. The normalized spacial score (nSPS) is 9.60. The quantitative estimate of drug-likeness (QED) is 0.415. The third kappa shape index (κ3) is 4.72. The Morgan fingerprint density at radius 3 is 2.35 bits per heavy atom. The standard InChI is InChI=1S/C11H14N4O5/c12-10(19)13-3-4-14-11(20)15-6-1-2-7(9(17)18)8(16)5-6/h1-2,5,16H,3-4H2,(H,17,18)(H3,12,13,19)(H2,14,15,20). The summed E-state index contributed by atoms with van der Waals surface area (Å²) in [5.41, 5.74) is 4.80. The van der Waals surface area contributed by atoms with Gasteiger partial charge in [0.15, 0.2) is 0 Å². The van der Waals surface area contributed by atoms with E-state index in [4.69, 9.17) is 10.8 Å². The molecular weight excluding hydrogens is 268 g/mol. The minimum Gasteiger partial charge on any atom is -0.507 e. The Kier molecular flexibility index (Phi) is 5.15. The van der Waals surface area contributed by atoms with Crippen LogP contribution in [0.25, 0.3) is 0 Å². The summed E-state index contributed by atoms with van der Waals surface area (Å²) in [5.74, 6) is -1.72. The lowest BCUT2D eigenvalue weighted by molar-refractivity contribution is 0.0693. The summed E-state index contributed by atoms with van der Waals surface area (Å²) in [7, 11) is 0. The SMILES string of the molecule is NC(=O)NCCNC(=O)Nc1ccc(C(=O)O)c(O)c1. The number of phenols is 1. The maximum atomic E-state index is 11.4. The number of primary amides is 1. The van der Waals surface area contributed by atoms with Crippen LogP contribution in [-0.2, 0) is 0 Å². The first-order valence-corrected chi connectivity index (χ1v) is 5.54. The van der Waals surface area contributed by atoms with Gasteiger partial charge in [0.05, 0.1) is 0 Å². The Morgan fingerprint density at radius 1 is 1.15 bits per heavy atom. The molecule has 0 saturated carbocycles. The lowest BCUT2D eigenvalue weighted by Gasteiger charge is -2.08. The van der Waals surface area contributed by atoms with Crippen molar-refractivity contribution in [3.05, 3.63) is 23.8 Å². The second-order valence-corrected chi connectivity index (χ2v) is 3.71. The molecule has 1 aromatic carbocycles. The van der Waals surface area contributed by atoms with Crippen molar-refractivity contribution in [1.29, 1.82) is 0 Å². The van der Waals surface area contributed by atoms with E-state index >= 15 is 0 Å². The molecule has 7 N–H and O–H groups in total. The molecule has 0 aliphatic carbocycles. The van der Waals surface area contributed by atoms with Crippen LogP contribution in [0.5, 0.6) is 5.75 Å². The Balaban J connectivity index is 2.48. The smallest absolute Gasteiger partial charge is 0.339 e. The number of hydrogen-bond acceptors (Lipinski definition) is 4. The zero-order valence-corrected chi connectivity index (χ0v) is 10.3. The minimum absolute atomic E-state index is 0.161. The molecule has 1 aromatic rings. The molecule has 0 unspecified atom stereocenters. The summed E-state index contributed by atoms with van der Waals surface area (Å²) >= 11 is 0. The van der Waals surface area contributed by atoms with E-state index in [0.717, 1.165) is 6.07 Å². The maximum absolute atomic E-state index is 11.4. The first-order valence-electron chi connectivity index (χ1n) is 5.54. The number of amides is 4. The van der Waals surface area contributed by atoms with Gasteiger partial charge >= 0.3 is 18.0 Å². The van der Waals surface area contributed by atoms with Gasteiger partial charge in [-0.25, -0.2) is 14.4 Å². The Morgan fingerprint density at radius 2 is 1.80 bits per heavy atom. The van der Waals surface area contributed by atoms with E-state index in [1.165, 1.54) is 12.1 Å². The van der Waals surface area contributed by atoms with E-state index in [-0.39, 0.29) is 24.3 Å². The van der Waals surface area contributed by atoms with Crippen LogP contribution in [0.1, 0.15) is 10.4 Å². The number of hydrogen-bond donors (Lipinski definition) is 6. The lowest BCUT2D eigenvalue weighted by Crippen LogP contribution is -2.38. The van der Waals surface area contributed by atoms with E-state index in [0.29, 0.717) is 0 Å². The molecule has 0 atom stereocenters. The number of carboxylic acids is 1. The molecule has 0 spiro atoms. The van der Waals surface area contributed by atoms with Crippen LogP contribution < -0.4 is 21.7 Å². The highest BCUT2D eigenvalue weighted by atomic mass is 16.4. The van der Waals surface area contributed by atoms with E-state index in [1.54, 1.807) is 0 Å². The van der Waals surface area contributed by atoms with Gasteiger partial charge in [0, 0.05) is 24.8 Å². The molecule has 0 aliphatic rings.